The number of rotatable bonds is 8. The molecule has 1 aliphatic heterocycles. The summed E-state index contributed by atoms with van der Waals surface area (Å²) in [5, 5.41) is 5.81. The Hall–Kier alpha value is -4.85. The van der Waals surface area contributed by atoms with E-state index in [0.29, 0.717) is 11.3 Å². The number of nitrogens with one attached hydrogen (secondary N) is 2. The number of nitrogens with zero attached hydrogens (tertiary/aromatic N) is 1. The van der Waals surface area contributed by atoms with E-state index in [1.54, 1.807) is 36.4 Å². The predicted octanol–water partition coefficient (Wildman–Crippen LogP) is 5.47. The molecule has 0 unspecified atom stereocenters. The van der Waals surface area contributed by atoms with Gasteiger partial charge in [0.15, 0.2) is 17.9 Å². The SMILES string of the molecule is C[C@H](NC(=O)[C@@H]1[C@@H](c2ccc(NC(=O)c3ccco3)cc2)OC(=O)N1Cc1ccccc1)c1ccccc1. The molecule has 38 heavy (non-hydrogen) atoms. The zero-order valence-electron chi connectivity index (χ0n) is 20.7. The third-order valence-electron chi connectivity index (χ3n) is 6.45. The van der Waals surface area contributed by atoms with Crippen molar-refractivity contribution < 1.29 is 23.5 Å². The van der Waals surface area contributed by atoms with Crippen LogP contribution in [0.5, 0.6) is 0 Å². The van der Waals surface area contributed by atoms with Crippen LogP contribution in [0.25, 0.3) is 0 Å². The molecule has 8 nitrogen and oxygen atoms in total. The number of amides is 3. The summed E-state index contributed by atoms with van der Waals surface area (Å²) in [6.07, 6.45) is 0.0305. The Bertz CT molecular complexity index is 1390. The van der Waals surface area contributed by atoms with E-state index in [1.165, 1.54) is 11.2 Å². The number of anilines is 1. The Balaban J connectivity index is 1.38. The van der Waals surface area contributed by atoms with E-state index in [9.17, 15) is 14.4 Å². The summed E-state index contributed by atoms with van der Waals surface area (Å²) in [5.74, 6) is -0.501. The zero-order chi connectivity index (χ0) is 26.5. The van der Waals surface area contributed by atoms with Gasteiger partial charge in [-0.25, -0.2) is 4.79 Å². The minimum absolute atomic E-state index is 0.194. The van der Waals surface area contributed by atoms with Gasteiger partial charge in [-0.3, -0.25) is 14.5 Å². The van der Waals surface area contributed by atoms with Crippen LogP contribution in [0.2, 0.25) is 0 Å². The fourth-order valence-corrected chi connectivity index (χ4v) is 4.47. The van der Waals surface area contributed by atoms with E-state index in [0.717, 1.165) is 11.1 Å². The van der Waals surface area contributed by atoms with Gasteiger partial charge in [0, 0.05) is 5.69 Å². The molecule has 192 valence electrons. The van der Waals surface area contributed by atoms with Crippen LogP contribution in [0.3, 0.4) is 0 Å². The van der Waals surface area contributed by atoms with Gasteiger partial charge in [-0.05, 0) is 47.9 Å². The molecule has 0 aliphatic carbocycles. The summed E-state index contributed by atoms with van der Waals surface area (Å²) in [6.45, 7) is 2.13. The maximum Gasteiger partial charge on any atom is 0.411 e. The quantitative estimate of drug-likeness (QED) is 0.328. The molecule has 1 aliphatic rings. The smallest absolute Gasteiger partial charge is 0.411 e. The second-order valence-electron chi connectivity index (χ2n) is 9.06. The molecule has 2 heterocycles. The zero-order valence-corrected chi connectivity index (χ0v) is 20.7. The van der Waals surface area contributed by atoms with Crippen molar-refractivity contribution in [3.05, 3.63) is 126 Å². The second-order valence-corrected chi connectivity index (χ2v) is 9.06. The number of ether oxygens (including phenoxy) is 1. The highest BCUT2D eigenvalue weighted by Crippen LogP contribution is 2.35. The summed E-state index contributed by atoms with van der Waals surface area (Å²) in [4.78, 5) is 40.4. The van der Waals surface area contributed by atoms with E-state index in [2.05, 4.69) is 10.6 Å². The van der Waals surface area contributed by atoms with Gasteiger partial charge in [0.25, 0.3) is 5.91 Å². The maximum absolute atomic E-state index is 13.7. The Morgan fingerprint density at radius 1 is 0.895 bits per heavy atom. The second kappa shape index (κ2) is 11.0. The lowest BCUT2D eigenvalue weighted by Crippen LogP contribution is -2.46. The highest BCUT2D eigenvalue weighted by Gasteiger charge is 2.47. The normalized spacial score (nSPS) is 17.5. The summed E-state index contributed by atoms with van der Waals surface area (Å²) in [5.41, 5.74) is 3.01. The van der Waals surface area contributed by atoms with Crippen LogP contribution in [0, 0.1) is 0 Å². The fraction of sp³-hybridized carbons (Fsp3) is 0.167. The number of cyclic esters (lactones) is 1. The van der Waals surface area contributed by atoms with Gasteiger partial charge in [-0.15, -0.1) is 0 Å². The van der Waals surface area contributed by atoms with Crippen molar-refractivity contribution in [2.45, 2.75) is 31.7 Å². The van der Waals surface area contributed by atoms with Crippen LogP contribution < -0.4 is 10.6 Å². The van der Waals surface area contributed by atoms with E-state index >= 15 is 0 Å². The highest BCUT2D eigenvalue weighted by molar-refractivity contribution is 6.02. The van der Waals surface area contributed by atoms with Crippen molar-refractivity contribution in [1.29, 1.82) is 0 Å². The molecular formula is C30H27N3O5. The molecule has 3 amide bonds. The van der Waals surface area contributed by atoms with Crippen LogP contribution in [0.4, 0.5) is 10.5 Å². The van der Waals surface area contributed by atoms with E-state index in [4.69, 9.17) is 9.15 Å². The molecule has 1 aromatic heterocycles. The van der Waals surface area contributed by atoms with Gasteiger partial charge in [0.05, 0.1) is 18.8 Å². The molecule has 5 rings (SSSR count). The van der Waals surface area contributed by atoms with Crippen LogP contribution in [0.15, 0.2) is 108 Å². The van der Waals surface area contributed by atoms with Crippen LogP contribution in [0.1, 0.15) is 46.3 Å². The first-order valence-corrected chi connectivity index (χ1v) is 12.3. The lowest BCUT2D eigenvalue weighted by Gasteiger charge is -2.26. The molecule has 0 bridgehead atoms. The molecule has 2 N–H and O–H groups in total. The predicted molar refractivity (Wildman–Crippen MR) is 141 cm³/mol. The third kappa shape index (κ3) is 5.44. The molecule has 4 aromatic rings. The van der Waals surface area contributed by atoms with Crippen LogP contribution >= 0.6 is 0 Å². The number of carbonyl (C=O) groups is 3. The van der Waals surface area contributed by atoms with E-state index < -0.39 is 18.2 Å². The van der Waals surface area contributed by atoms with Crippen LogP contribution in [-0.2, 0) is 16.1 Å². The molecule has 0 saturated carbocycles. The van der Waals surface area contributed by atoms with Gasteiger partial charge >= 0.3 is 6.09 Å². The first kappa shape index (κ1) is 24.8. The molecular weight excluding hydrogens is 482 g/mol. The molecule has 3 aromatic carbocycles. The molecule has 8 heteroatoms. The molecule has 3 atom stereocenters. The average Bonchev–Trinajstić information content (AvgIpc) is 3.59. The Morgan fingerprint density at radius 2 is 1.58 bits per heavy atom. The molecule has 1 fully saturated rings. The summed E-state index contributed by atoms with van der Waals surface area (Å²) in [7, 11) is 0. The van der Waals surface area contributed by atoms with Gasteiger partial charge in [0.1, 0.15) is 0 Å². The van der Waals surface area contributed by atoms with Crippen molar-refractivity contribution in [2.24, 2.45) is 0 Å². The number of hydrogen-bond donors (Lipinski definition) is 2. The van der Waals surface area contributed by atoms with Crippen molar-refractivity contribution in [1.82, 2.24) is 10.2 Å². The van der Waals surface area contributed by atoms with E-state index in [-0.39, 0.29) is 30.2 Å². The van der Waals surface area contributed by atoms with Gasteiger partial charge < -0.3 is 19.8 Å². The van der Waals surface area contributed by atoms with Crippen molar-refractivity contribution in [2.75, 3.05) is 5.32 Å². The van der Waals surface area contributed by atoms with Crippen molar-refractivity contribution in [3.8, 4) is 0 Å². The van der Waals surface area contributed by atoms with E-state index in [1.807, 2.05) is 67.6 Å². The van der Waals surface area contributed by atoms with Gasteiger partial charge in [-0.1, -0.05) is 72.8 Å². The first-order chi connectivity index (χ1) is 18.5. The third-order valence-corrected chi connectivity index (χ3v) is 6.45. The van der Waals surface area contributed by atoms with Gasteiger partial charge in [0.2, 0.25) is 5.91 Å². The fourth-order valence-electron chi connectivity index (χ4n) is 4.47. The summed E-state index contributed by atoms with van der Waals surface area (Å²) < 4.78 is 10.9. The number of furan rings is 1. The number of benzene rings is 3. The van der Waals surface area contributed by atoms with Crippen LogP contribution in [-0.4, -0.2) is 28.8 Å². The largest absolute Gasteiger partial charge is 0.459 e. The standard InChI is InChI=1S/C30H27N3O5/c1-20(22-11-6-3-7-12-22)31-29(35)26-27(38-30(36)33(26)19-21-9-4-2-5-10-21)23-14-16-24(17-15-23)32-28(34)25-13-8-18-37-25/h2-18,20,26-27H,19H2,1H3,(H,31,35)(H,32,34)/t20-,26-,27+/m0/s1. The minimum atomic E-state index is -0.891. The van der Waals surface area contributed by atoms with Crippen molar-refractivity contribution >= 4 is 23.6 Å². The lowest BCUT2D eigenvalue weighted by atomic mass is 9.99. The lowest BCUT2D eigenvalue weighted by molar-refractivity contribution is -0.127. The Morgan fingerprint density at radius 3 is 2.24 bits per heavy atom. The Kier molecular flexibility index (Phi) is 7.21. The molecule has 0 spiro atoms. The van der Waals surface area contributed by atoms with Gasteiger partial charge in [-0.2, -0.15) is 0 Å². The number of hydrogen-bond acceptors (Lipinski definition) is 5. The average molecular weight is 510 g/mol. The summed E-state index contributed by atoms with van der Waals surface area (Å²) in [6, 6.07) is 28.0. The monoisotopic (exact) mass is 509 g/mol. The Labute approximate surface area is 220 Å². The summed E-state index contributed by atoms with van der Waals surface area (Å²) >= 11 is 0. The number of carbonyl (C=O) groups excluding carboxylic acids is 3. The molecule has 1 saturated heterocycles. The first-order valence-electron chi connectivity index (χ1n) is 12.3. The highest BCUT2D eigenvalue weighted by atomic mass is 16.6. The maximum atomic E-state index is 13.7. The van der Waals surface area contributed by atoms with Crippen molar-refractivity contribution in [3.63, 3.8) is 0 Å². The minimum Gasteiger partial charge on any atom is -0.459 e. The topological polar surface area (TPSA) is 101 Å². The molecule has 0 radical (unpaired) electrons.